The van der Waals surface area contributed by atoms with Crippen molar-refractivity contribution in [3.63, 3.8) is 0 Å². The Bertz CT molecular complexity index is 638. The Balaban J connectivity index is 1.30. The predicted octanol–water partition coefficient (Wildman–Crippen LogP) is 4.60. The van der Waals surface area contributed by atoms with Gasteiger partial charge in [-0.1, -0.05) is 54.6 Å². The van der Waals surface area contributed by atoms with Gasteiger partial charge < -0.3 is 4.90 Å². The van der Waals surface area contributed by atoms with Gasteiger partial charge in [-0.05, 0) is 80.3 Å². The third-order valence-corrected chi connectivity index (χ3v) is 6.06. The lowest BCUT2D eigenvalue weighted by molar-refractivity contribution is 0.157. The molecule has 1 spiro atoms. The summed E-state index contributed by atoms with van der Waals surface area (Å²) in [5.41, 5.74) is 5.27. The fourth-order valence-electron chi connectivity index (χ4n) is 4.64. The highest BCUT2D eigenvalue weighted by Crippen LogP contribution is 2.46. The van der Waals surface area contributed by atoms with Crippen molar-refractivity contribution in [2.75, 3.05) is 19.6 Å². The van der Waals surface area contributed by atoms with E-state index in [4.69, 9.17) is 0 Å². The van der Waals surface area contributed by atoms with E-state index in [0.717, 1.165) is 0 Å². The van der Waals surface area contributed by atoms with Crippen molar-refractivity contribution < 1.29 is 0 Å². The number of rotatable bonds is 4. The second-order valence-corrected chi connectivity index (χ2v) is 7.37. The zero-order valence-electron chi connectivity index (χ0n) is 14.0. The molecular weight excluding hydrogens is 278 g/mol. The van der Waals surface area contributed by atoms with Crippen LogP contribution in [0.15, 0.2) is 54.6 Å². The molecule has 0 radical (unpaired) electrons. The number of fused-ring (bicyclic) bond motifs is 2. The average Bonchev–Trinajstić information content (AvgIpc) is 2.97. The van der Waals surface area contributed by atoms with Gasteiger partial charge in [0.2, 0.25) is 0 Å². The maximum atomic E-state index is 2.69. The molecule has 0 bridgehead atoms. The first-order valence-corrected chi connectivity index (χ1v) is 9.20. The van der Waals surface area contributed by atoms with E-state index >= 15 is 0 Å². The Kier molecular flexibility index (Phi) is 4.22. The Morgan fingerprint density at radius 2 is 1.57 bits per heavy atom. The molecule has 1 aliphatic heterocycles. The molecule has 2 aliphatic rings. The van der Waals surface area contributed by atoms with E-state index in [-0.39, 0.29) is 0 Å². The smallest absolute Gasteiger partial charge is 0.00102 e. The standard InChI is InChI=1S/C22H27N/c1-2-7-19(8-3-1)9-6-16-23-17-14-22(15-18-23)13-12-20-10-4-5-11-21(20)22/h1-5,7-8,10-11H,6,9,12-18H2. The number of benzene rings is 2. The molecule has 4 rings (SSSR count). The summed E-state index contributed by atoms with van der Waals surface area (Å²) in [5, 5.41) is 0. The maximum Gasteiger partial charge on any atom is -0.00102 e. The van der Waals surface area contributed by atoms with Crippen LogP contribution in [0.1, 0.15) is 42.4 Å². The van der Waals surface area contributed by atoms with Crippen LogP contribution in [0.3, 0.4) is 0 Å². The minimum Gasteiger partial charge on any atom is -0.303 e. The van der Waals surface area contributed by atoms with Gasteiger partial charge in [0.05, 0.1) is 0 Å². The van der Waals surface area contributed by atoms with Gasteiger partial charge >= 0.3 is 0 Å². The number of hydrogen-bond donors (Lipinski definition) is 0. The number of aryl methyl sites for hydroxylation is 2. The lowest BCUT2D eigenvalue weighted by Crippen LogP contribution is -2.41. The second-order valence-electron chi connectivity index (χ2n) is 7.37. The first-order chi connectivity index (χ1) is 11.4. The highest BCUT2D eigenvalue weighted by atomic mass is 15.1. The summed E-state index contributed by atoms with van der Waals surface area (Å²) in [4.78, 5) is 2.69. The summed E-state index contributed by atoms with van der Waals surface area (Å²) in [6.07, 6.45) is 7.89. The molecule has 0 saturated carbocycles. The van der Waals surface area contributed by atoms with Crippen LogP contribution < -0.4 is 0 Å². The highest BCUT2D eigenvalue weighted by molar-refractivity contribution is 5.39. The van der Waals surface area contributed by atoms with Crippen LogP contribution in [-0.2, 0) is 18.3 Å². The van der Waals surface area contributed by atoms with Crippen molar-refractivity contribution in [2.24, 2.45) is 0 Å². The third-order valence-electron chi connectivity index (χ3n) is 6.06. The van der Waals surface area contributed by atoms with E-state index < -0.39 is 0 Å². The molecule has 0 amide bonds. The van der Waals surface area contributed by atoms with Gasteiger partial charge in [0.1, 0.15) is 0 Å². The van der Waals surface area contributed by atoms with E-state index in [1.54, 1.807) is 11.1 Å². The van der Waals surface area contributed by atoms with Crippen LogP contribution in [0, 0.1) is 0 Å². The largest absolute Gasteiger partial charge is 0.303 e. The van der Waals surface area contributed by atoms with Crippen LogP contribution in [0.25, 0.3) is 0 Å². The summed E-state index contributed by atoms with van der Waals surface area (Å²) in [7, 11) is 0. The lowest BCUT2D eigenvalue weighted by Gasteiger charge is -2.40. The van der Waals surface area contributed by atoms with Gasteiger partial charge in [-0.3, -0.25) is 0 Å². The summed E-state index contributed by atoms with van der Waals surface area (Å²) >= 11 is 0. The quantitative estimate of drug-likeness (QED) is 0.798. The van der Waals surface area contributed by atoms with E-state index in [1.807, 2.05) is 0 Å². The van der Waals surface area contributed by atoms with Crippen LogP contribution in [0.5, 0.6) is 0 Å². The number of nitrogens with zero attached hydrogens (tertiary/aromatic N) is 1. The van der Waals surface area contributed by atoms with Gasteiger partial charge in [0, 0.05) is 0 Å². The van der Waals surface area contributed by atoms with Crippen molar-refractivity contribution in [3.05, 3.63) is 71.3 Å². The van der Waals surface area contributed by atoms with Gasteiger partial charge in [-0.15, -0.1) is 0 Å². The SMILES string of the molecule is c1ccc(CCCN2CCC3(CCc4ccccc43)CC2)cc1. The molecule has 2 aromatic carbocycles. The Hall–Kier alpha value is -1.60. The molecular formula is C22H27N. The Morgan fingerprint density at radius 3 is 2.39 bits per heavy atom. The summed E-state index contributed by atoms with van der Waals surface area (Å²) < 4.78 is 0. The Labute approximate surface area is 140 Å². The third kappa shape index (κ3) is 3.07. The first-order valence-electron chi connectivity index (χ1n) is 9.20. The maximum absolute atomic E-state index is 2.69. The molecule has 1 fully saturated rings. The van der Waals surface area contributed by atoms with E-state index in [1.165, 1.54) is 63.7 Å². The van der Waals surface area contributed by atoms with E-state index in [0.29, 0.717) is 5.41 Å². The van der Waals surface area contributed by atoms with E-state index in [2.05, 4.69) is 59.5 Å². The molecule has 2 aromatic rings. The molecule has 1 aliphatic carbocycles. The van der Waals surface area contributed by atoms with Gasteiger partial charge in [0.15, 0.2) is 0 Å². The van der Waals surface area contributed by atoms with Crippen LogP contribution in [0.4, 0.5) is 0 Å². The first kappa shape index (κ1) is 15.0. The number of hydrogen-bond acceptors (Lipinski definition) is 1. The number of likely N-dealkylation sites (tertiary alicyclic amines) is 1. The Morgan fingerprint density at radius 1 is 0.826 bits per heavy atom. The average molecular weight is 305 g/mol. The topological polar surface area (TPSA) is 3.24 Å². The lowest BCUT2D eigenvalue weighted by atomic mass is 9.74. The monoisotopic (exact) mass is 305 g/mol. The van der Waals surface area contributed by atoms with Gasteiger partial charge in [-0.25, -0.2) is 0 Å². The summed E-state index contributed by atoms with van der Waals surface area (Å²) in [6, 6.07) is 20.1. The highest BCUT2D eigenvalue weighted by Gasteiger charge is 2.40. The predicted molar refractivity (Wildman–Crippen MR) is 96.9 cm³/mol. The zero-order valence-corrected chi connectivity index (χ0v) is 14.0. The molecule has 0 unspecified atom stereocenters. The van der Waals surface area contributed by atoms with Gasteiger partial charge in [0.25, 0.3) is 0 Å². The summed E-state index contributed by atoms with van der Waals surface area (Å²) in [5.74, 6) is 0. The van der Waals surface area contributed by atoms with Crippen molar-refractivity contribution in [1.82, 2.24) is 4.90 Å². The van der Waals surface area contributed by atoms with E-state index in [9.17, 15) is 0 Å². The van der Waals surface area contributed by atoms with Crippen LogP contribution in [-0.4, -0.2) is 24.5 Å². The van der Waals surface area contributed by atoms with Crippen molar-refractivity contribution in [2.45, 2.75) is 43.9 Å². The van der Waals surface area contributed by atoms with Crippen LogP contribution >= 0.6 is 0 Å². The van der Waals surface area contributed by atoms with Crippen molar-refractivity contribution >= 4 is 0 Å². The minimum absolute atomic E-state index is 0.506. The summed E-state index contributed by atoms with van der Waals surface area (Å²) in [6.45, 7) is 3.82. The molecule has 0 atom stereocenters. The fraction of sp³-hybridized carbons (Fsp3) is 0.455. The van der Waals surface area contributed by atoms with Crippen LogP contribution in [0.2, 0.25) is 0 Å². The number of piperidine rings is 1. The van der Waals surface area contributed by atoms with Crippen molar-refractivity contribution in [3.8, 4) is 0 Å². The normalized spacial score (nSPS) is 19.8. The molecule has 1 heterocycles. The molecule has 23 heavy (non-hydrogen) atoms. The molecule has 0 aromatic heterocycles. The molecule has 1 saturated heterocycles. The molecule has 0 N–H and O–H groups in total. The molecule has 120 valence electrons. The zero-order chi connectivity index (χ0) is 15.5. The molecule has 1 nitrogen and oxygen atoms in total. The second kappa shape index (κ2) is 6.49. The minimum atomic E-state index is 0.506. The molecule has 1 heteroatoms. The fourth-order valence-corrected chi connectivity index (χ4v) is 4.64. The van der Waals surface area contributed by atoms with Gasteiger partial charge in [-0.2, -0.15) is 0 Å². The van der Waals surface area contributed by atoms with Crippen molar-refractivity contribution in [1.29, 1.82) is 0 Å².